The summed E-state index contributed by atoms with van der Waals surface area (Å²) in [6, 6.07) is 0. The molecule has 0 amide bonds. The molecule has 80 valence electrons. The van der Waals surface area contributed by atoms with Crippen LogP contribution in [0.15, 0.2) is 12.7 Å². The SMILES string of the molecule is C=CC(=O)CCCN1CCCCCC1. The summed E-state index contributed by atoms with van der Waals surface area (Å²) < 4.78 is 0. The van der Waals surface area contributed by atoms with Crippen LogP contribution in [0, 0.1) is 0 Å². The molecule has 0 aliphatic carbocycles. The zero-order valence-electron chi connectivity index (χ0n) is 9.00. The van der Waals surface area contributed by atoms with Gasteiger partial charge in [0.15, 0.2) is 5.78 Å². The van der Waals surface area contributed by atoms with Crippen molar-refractivity contribution in [3.8, 4) is 0 Å². The second-order valence-electron chi connectivity index (χ2n) is 4.03. The fourth-order valence-corrected chi connectivity index (χ4v) is 1.94. The largest absolute Gasteiger partial charge is 0.303 e. The van der Waals surface area contributed by atoms with Gasteiger partial charge in [0.25, 0.3) is 0 Å². The van der Waals surface area contributed by atoms with Gasteiger partial charge in [0.2, 0.25) is 0 Å². The molecule has 0 bridgehead atoms. The van der Waals surface area contributed by atoms with Crippen molar-refractivity contribution in [1.82, 2.24) is 4.90 Å². The lowest BCUT2D eigenvalue weighted by molar-refractivity contribution is -0.114. The molecule has 1 rings (SSSR count). The Morgan fingerprint density at radius 3 is 2.43 bits per heavy atom. The van der Waals surface area contributed by atoms with Gasteiger partial charge in [0.1, 0.15) is 0 Å². The number of carbonyl (C=O) groups excluding carboxylic acids is 1. The molecule has 0 unspecified atom stereocenters. The van der Waals surface area contributed by atoms with Crippen molar-refractivity contribution in [2.24, 2.45) is 0 Å². The van der Waals surface area contributed by atoms with Crippen LogP contribution in [0.5, 0.6) is 0 Å². The van der Waals surface area contributed by atoms with Crippen LogP contribution >= 0.6 is 0 Å². The summed E-state index contributed by atoms with van der Waals surface area (Å²) in [7, 11) is 0. The topological polar surface area (TPSA) is 20.3 Å². The maximum absolute atomic E-state index is 11.0. The number of hydrogen-bond donors (Lipinski definition) is 0. The first-order valence-electron chi connectivity index (χ1n) is 5.70. The minimum absolute atomic E-state index is 0.180. The van der Waals surface area contributed by atoms with E-state index < -0.39 is 0 Å². The van der Waals surface area contributed by atoms with E-state index in [4.69, 9.17) is 0 Å². The summed E-state index contributed by atoms with van der Waals surface area (Å²) in [6.07, 6.45) is 8.50. The summed E-state index contributed by atoms with van der Waals surface area (Å²) in [5.74, 6) is 0.180. The third kappa shape index (κ3) is 4.56. The lowest BCUT2D eigenvalue weighted by atomic mass is 10.2. The van der Waals surface area contributed by atoms with Crippen molar-refractivity contribution < 1.29 is 4.79 Å². The van der Waals surface area contributed by atoms with Crippen molar-refractivity contribution in [2.45, 2.75) is 38.5 Å². The van der Waals surface area contributed by atoms with Crippen molar-refractivity contribution in [2.75, 3.05) is 19.6 Å². The van der Waals surface area contributed by atoms with Gasteiger partial charge in [0, 0.05) is 6.42 Å². The van der Waals surface area contributed by atoms with E-state index in [2.05, 4.69) is 11.5 Å². The minimum atomic E-state index is 0.180. The predicted molar refractivity (Wildman–Crippen MR) is 59.3 cm³/mol. The van der Waals surface area contributed by atoms with Gasteiger partial charge in [0.05, 0.1) is 0 Å². The molecule has 0 radical (unpaired) electrons. The number of allylic oxidation sites excluding steroid dienone is 1. The molecular formula is C12H21NO. The van der Waals surface area contributed by atoms with Crippen LogP contribution in [-0.4, -0.2) is 30.3 Å². The Morgan fingerprint density at radius 2 is 1.86 bits per heavy atom. The van der Waals surface area contributed by atoms with E-state index in [0.717, 1.165) is 13.0 Å². The zero-order chi connectivity index (χ0) is 10.2. The minimum Gasteiger partial charge on any atom is -0.303 e. The molecule has 2 nitrogen and oxygen atoms in total. The normalized spacial score (nSPS) is 18.9. The maximum atomic E-state index is 11.0. The molecule has 0 aromatic rings. The number of hydrogen-bond acceptors (Lipinski definition) is 2. The van der Waals surface area contributed by atoms with E-state index in [1.807, 2.05) is 0 Å². The van der Waals surface area contributed by atoms with Gasteiger partial charge in [-0.1, -0.05) is 19.4 Å². The van der Waals surface area contributed by atoms with E-state index in [-0.39, 0.29) is 5.78 Å². The monoisotopic (exact) mass is 195 g/mol. The van der Waals surface area contributed by atoms with Crippen molar-refractivity contribution >= 4 is 5.78 Å². The fraction of sp³-hybridized carbons (Fsp3) is 0.750. The summed E-state index contributed by atoms with van der Waals surface area (Å²) in [5.41, 5.74) is 0. The highest BCUT2D eigenvalue weighted by atomic mass is 16.1. The highest BCUT2D eigenvalue weighted by Crippen LogP contribution is 2.10. The van der Waals surface area contributed by atoms with Crippen LogP contribution in [0.4, 0.5) is 0 Å². The molecule has 1 saturated heterocycles. The lowest BCUT2D eigenvalue weighted by Crippen LogP contribution is -2.26. The lowest BCUT2D eigenvalue weighted by Gasteiger charge is -2.18. The molecule has 0 aromatic carbocycles. The van der Waals surface area contributed by atoms with Crippen LogP contribution in [0.2, 0.25) is 0 Å². The van der Waals surface area contributed by atoms with Gasteiger partial charge < -0.3 is 4.90 Å². The van der Waals surface area contributed by atoms with Crippen LogP contribution < -0.4 is 0 Å². The highest BCUT2D eigenvalue weighted by Gasteiger charge is 2.08. The van der Waals surface area contributed by atoms with E-state index in [1.54, 1.807) is 0 Å². The first-order chi connectivity index (χ1) is 6.83. The Hall–Kier alpha value is -0.630. The summed E-state index contributed by atoms with van der Waals surface area (Å²) in [4.78, 5) is 13.5. The van der Waals surface area contributed by atoms with Gasteiger partial charge >= 0.3 is 0 Å². The molecule has 0 saturated carbocycles. The third-order valence-corrected chi connectivity index (χ3v) is 2.82. The van der Waals surface area contributed by atoms with Gasteiger partial charge in [-0.3, -0.25) is 4.79 Å². The Kier molecular flexibility index (Phi) is 5.53. The number of nitrogens with zero attached hydrogens (tertiary/aromatic N) is 1. The first kappa shape index (κ1) is 11.4. The number of ketones is 1. The van der Waals surface area contributed by atoms with E-state index in [0.29, 0.717) is 6.42 Å². The van der Waals surface area contributed by atoms with Crippen LogP contribution in [0.1, 0.15) is 38.5 Å². The van der Waals surface area contributed by atoms with Crippen LogP contribution in [0.25, 0.3) is 0 Å². The number of rotatable bonds is 5. The molecule has 0 aromatic heterocycles. The van der Waals surface area contributed by atoms with Crippen LogP contribution in [-0.2, 0) is 4.79 Å². The average molecular weight is 195 g/mol. The predicted octanol–water partition coefficient (Wildman–Crippen LogP) is 2.40. The quantitative estimate of drug-likeness (QED) is 0.628. The van der Waals surface area contributed by atoms with E-state index >= 15 is 0 Å². The van der Waals surface area contributed by atoms with Gasteiger partial charge in [-0.25, -0.2) is 0 Å². The molecule has 14 heavy (non-hydrogen) atoms. The third-order valence-electron chi connectivity index (χ3n) is 2.82. The molecule has 0 N–H and O–H groups in total. The standard InChI is InChI=1S/C12H21NO/c1-2-12(14)8-7-11-13-9-5-3-4-6-10-13/h2H,1,3-11H2. The van der Waals surface area contributed by atoms with E-state index in [1.165, 1.54) is 44.8 Å². The summed E-state index contributed by atoms with van der Waals surface area (Å²) >= 11 is 0. The Balaban J connectivity index is 2.10. The molecule has 0 atom stereocenters. The molecule has 2 heteroatoms. The number of carbonyl (C=O) groups is 1. The fourth-order valence-electron chi connectivity index (χ4n) is 1.94. The summed E-state index contributed by atoms with van der Waals surface area (Å²) in [5, 5.41) is 0. The Bertz CT molecular complexity index is 181. The highest BCUT2D eigenvalue weighted by molar-refractivity contribution is 5.88. The van der Waals surface area contributed by atoms with Crippen LogP contribution in [0.3, 0.4) is 0 Å². The molecule has 1 heterocycles. The molecular weight excluding hydrogens is 174 g/mol. The van der Waals surface area contributed by atoms with Gasteiger partial charge in [-0.2, -0.15) is 0 Å². The second-order valence-corrected chi connectivity index (χ2v) is 4.03. The maximum Gasteiger partial charge on any atom is 0.155 e. The molecule has 1 fully saturated rings. The molecule has 1 aliphatic heterocycles. The van der Waals surface area contributed by atoms with Gasteiger partial charge in [-0.05, 0) is 45.0 Å². The second kappa shape index (κ2) is 6.77. The Morgan fingerprint density at radius 1 is 1.21 bits per heavy atom. The number of likely N-dealkylation sites (tertiary alicyclic amines) is 1. The smallest absolute Gasteiger partial charge is 0.155 e. The van der Waals surface area contributed by atoms with Gasteiger partial charge in [-0.15, -0.1) is 0 Å². The molecule has 0 spiro atoms. The van der Waals surface area contributed by atoms with E-state index in [9.17, 15) is 4.79 Å². The first-order valence-corrected chi connectivity index (χ1v) is 5.70. The molecule has 1 aliphatic rings. The average Bonchev–Trinajstić information content (AvgIpc) is 2.46. The zero-order valence-corrected chi connectivity index (χ0v) is 9.00. The van der Waals surface area contributed by atoms with Crippen molar-refractivity contribution in [1.29, 1.82) is 0 Å². The van der Waals surface area contributed by atoms with Crippen molar-refractivity contribution in [3.63, 3.8) is 0 Å². The summed E-state index contributed by atoms with van der Waals surface area (Å²) in [6.45, 7) is 7.01. The van der Waals surface area contributed by atoms with Crippen molar-refractivity contribution in [3.05, 3.63) is 12.7 Å². The Labute approximate surface area is 87.0 Å².